The van der Waals surface area contributed by atoms with Gasteiger partial charge in [-0.15, -0.1) is 0 Å². The highest BCUT2D eigenvalue weighted by Crippen LogP contribution is 2.28. The van der Waals surface area contributed by atoms with E-state index >= 15 is 0 Å². The Morgan fingerprint density at radius 1 is 1.22 bits per heavy atom. The second-order valence-electron chi connectivity index (χ2n) is 5.24. The van der Waals surface area contributed by atoms with Crippen LogP contribution < -0.4 is 0 Å². The minimum absolute atomic E-state index is 0.0793. The Morgan fingerprint density at radius 3 is 2.67 bits per heavy atom. The summed E-state index contributed by atoms with van der Waals surface area (Å²) in [5, 5.41) is 0. The maximum atomic E-state index is 10.7. The van der Waals surface area contributed by atoms with Gasteiger partial charge in [0.25, 0.3) is 0 Å². The second-order valence-corrected chi connectivity index (χ2v) is 8.13. The van der Waals surface area contributed by atoms with Crippen LogP contribution in [0.4, 0.5) is 0 Å². The zero-order valence-electron chi connectivity index (χ0n) is 11.2. The van der Waals surface area contributed by atoms with Gasteiger partial charge in [-0.05, 0) is 31.6 Å². The van der Waals surface area contributed by atoms with Gasteiger partial charge in [0.1, 0.15) is 0 Å². The Balaban J connectivity index is 2.00. The molecule has 1 rings (SSSR count). The molecule has 5 heteroatoms. The molecule has 2 unspecified atom stereocenters. The molecule has 1 fully saturated rings. The molecule has 0 radical (unpaired) electrons. The lowest BCUT2D eigenvalue weighted by atomic mass is 9.85. The fourth-order valence-corrected chi connectivity index (χ4v) is 3.44. The van der Waals surface area contributed by atoms with Crippen molar-refractivity contribution < 1.29 is 13.2 Å². The third-order valence-corrected chi connectivity index (χ3v) is 4.94. The van der Waals surface area contributed by atoms with Gasteiger partial charge in [-0.1, -0.05) is 32.6 Å². The molecule has 18 heavy (non-hydrogen) atoms. The number of halogens is 1. The third-order valence-electron chi connectivity index (χ3n) is 3.70. The first kappa shape index (κ1) is 16.3. The fraction of sp³-hybridized carbons (Fsp3) is 1.00. The number of rotatable bonds is 8. The molecule has 0 aliphatic heterocycles. The molecule has 0 spiro atoms. The van der Waals surface area contributed by atoms with Crippen LogP contribution in [0.3, 0.4) is 0 Å². The molecule has 1 saturated carbocycles. The molecular formula is C13H25ClO3S. The second kappa shape index (κ2) is 8.39. The van der Waals surface area contributed by atoms with E-state index in [0.29, 0.717) is 12.5 Å². The fourth-order valence-electron chi connectivity index (χ4n) is 2.57. The van der Waals surface area contributed by atoms with Crippen LogP contribution in [-0.2, 0) is 13.8 Å². The highest BCUT2D eigenvalue weighted by molar-refractivity contribution is 8.13. The van der Waals surface area contributed by atoms with Gasteiger partial charge in [0.05, 0.1) is 11.9 Å². The van der Waals surface area contributed by atoms with Crippen LogP contribution in [0.1, 0.15) is 58.3 Å². The summed E-state index contributed by atoms with van der Waals surface area (Å²) in [7, 11) is 1.83. The number of ether oxygens (including phenoxy) is 1. The van der Waals surface area contributed by atoms with E-state index in [4.69, 9.17) is 15.4 Å². The van der Waals surface area contributed by atoms with Crippen molar-refractivity contribution >= 4 is 19.7 Å². The van der Waals surface area contributed by atoms with E-state index in [1.54, 1.807) is 0 Å². The topological polar surface area (TPSA) is 43.4 Å². The molecule has 2 atom stereocenters. The first-order chi connectivity index (χ1) is 8.51. The van der Waals surface area contributed by atoms with E-state index in [0.717, 1.165) is 25.4 Å². The molecule has 0 aromatic carbocycles. The predicted octanol–water partition coefficient (Wildman–Crippen LogP) is 3.71. The largest absolute Gasteiger partial charge is 0.378 e. The first-order valence-corrected chi connectivity index (χ1v) is 9.53. The standard InChI is InChI=1S/C13H25ClO3S/c1-2-12-7-6-8-13(11-12)17-9-4-3-5-10-18(14,15)16/h12-13H,2-11H2,1H3. The van der Waals surface area contributed by atoms with Crippen molar-refractivity contribution in [3.8, 4) is 0 Å². The molecule has 1 aliphatic carbocycles. The van der Waals surface area contributed by atoms with Gasteiger partial charge in [0.2, 0.25) is 9.05 Å². The van der Waals surface area contributed by atoms with E-state index < -0.39 is 9.05 Å². The van der Waals surface area contributed by atoms with E-state index in [-0.39, 0.29) is 5.75 Å². The summed E-state index contributed by atoms with van der Waals surface area (Å²) in [6, 6.07) is 0. The maximum Gasteiger partial charge on any atom is 0.232 e. The van der Waals surface area contributed by atoms with Crippen molar-refractivity contribution in [1.82, 2.24) is 0 Å². The Kier molecular flexibility index (Phi) is 7.57. The normalized spacial score (nSPS) is 25.2. The Morgan fingerprint density at radius 2 is 2.00 bits per heavy atom. The average molecular weight is 297 g/mol. The summed E-state index contributed by atoms with van der Waals surface area (Å²) in [6.07, 6.45) is 9.15. The van der Waals surface area contributed by atoms with E-state index in [2.05, 4.69) is 6.92 Å². The van der Waals surface area contributed by atoms with Gasteiger partial charge in [0.15, 0.2) is 0 Å². The summed E-state index contributed by atoms with van der Waals surface area (Å²) in [5.41, 5.74) is 0. The first-order valence-electron chi connectivity index (χ1n) is 7.05. The van der Waals surface area contributed by atoms with Crippen LogP contribution in [-0.4, -0.2) is 26.9 Å². The van der Waals surface area contributed by atoms with Gasteiger partial charge in [-0.3, -0.25) is 0 Å². The van der Waals surface area contributed by atoms with Crippen LogP contribution in [0.5, 0.6) is 0 Å². The molecule has 0 heterocycles. The number of hydrogen-bond donors (Lipinski definition) is 0. The Bertz CT molecular complexity index is 316. The van der Waals surface area contributed by atoms with Crippen LogP contribution in [0.25, 0.3) is 0 Å². The zero-order valence-corrected chi connectivity index (χ0v) is 12.8. The van der Waals surface area contributed by atoms with E-state index in [9.17, 15) is 8.42 Å². The summed E-state index contributed by atoms with van der Waals surface area (Å²) >= 11 is 0. The summed E-state index contributed by atoms with van der Waals surface area (Å²) in [6.45, 7) is 3.00. The van der Waals surface area contributed by atoms with Crippen molar-refractivity contribution in [1.29, 1.82) is 0 Å². The van der Waals surface area contributed by atoms with Crippen LogP contribution in [0, 0.1) is 5.92 Å². The predicted molar refractivity (Wildman–Crippen MR) is 75.5 cm³/mol. The average Bonchev–Trinajstić information content (AvgIpc) is 2.32. The summed E-state index contributed by atoms with van der Waals surface area (Å²) in [5.74, 6) is 0.917. The molecule has 0 N–H and O–H groups in total. The summed E-state index contributed by atoms with van der Waals surface area (Å²) in [4.78, 5) is 0. The molecule has 108 valence electrons. The lowest BCUT2D eigenvalue weighted by Gasteiger charge is -2.28. The summed E-state index contributed by atoms with van der Waals surface area (Å²) < 4.78 is 27.3. The number of unbranched alkanes of at least 4 members (excludes halogenated alkanes) is 2. The van der Waals surface area contributed by atoms with Crippen molar-refractivity contribution in [2.24, 2.45) is 5.92 Å². The van der Waals surface area contributed by atoms with Gasteiger partial charge in [-0.25, -0.2) is 8.42 Å². The molecule has 1 aliphatic rings. The molecule has 0 saturated heterocycles. The lowest BCUT2D eigenvalue weighted by molar-refractivity contribution is 0.0108. The van der Waals surface area contributed by atoms with Gasteiger partial charge in [0, 0.05) is 17.3 Å². The van der Waals surface area contributed by atoms with Crippen molar-refractivity contribution in [2.45, 2.75) is 64.4 Å². The minimum atomic E-state index is -3.31. The minimum Gasteiger partial charge on any atom is -0.378 e. The zero-order chi connectivity index (χ0) is 13.4. The lowest BCUT2D eigenvalue weighted by Crippen LogP contribution is -2.23. The molecule has 0 bridgehead atoms. The van der Waals surface area contributed by atoms with Crippen LogP contribution in [0.2, 0.25) is 0 Å². The van der Waals surface area contributed by atoms with E-state index in [1.807, 2.05) is 0 Å². The molecule has 0 amide bonds. The monoisotopic (exact) mass is 296 g/mol. The van der Waals surface area contributed by atoms with Gasteiger partial charge >= 0.3 is 0 Å². The van der Waals surface area contributed by atoms with Crippen molar-refractivity contribution in [2.75, 3.05) is 12.4 Å². The molecule has 0 aromatic heterocycles. The van der Waals surface area contributed by atoms with Crippen LogP contribution >= 0.6 is 10.7 Å². The highest BCUT2D eigenvalue weighted by atomic mass is 35.7. The molecule has 0 aromatic rings. The van der Waals surface area contributed by atoms with Crippen molar-refractivity contribution in [3.63, 3.8) is 0 Å². The van der Waals surface area contributed by atoms with Crippen molar-refractivity contribution in [3.05, 3.63) is 0 Å². The van der Waals surface area contributed by atoms with E-state index in [1.165, 1.54) is 32.1 Å². The Labute approximate surface area is 116 Å². The highest BCUT2D eigenvalue weighted by Gasteiger charge is 2.20. The maximum absolute atomic E-state index is 10.7. The van der Waals surface area contributed by atoms with Gasteiger partial charge in [-0.2, -0.15) is 0 Å². The molecular weight excluding hydrogens is 272 g/mol. The third kappa shape index (κ3) is 7.59. The molecule has 3 nitrogen and oxygen atoms in total. The SMILES string of the molecule is CCC1CCCC(OCCCCCS(=O)(=O)Cl)C1. The van der Waals surface area contributed by atoms with Crippen LogP contribution in [0.15, 0.2) is 0 Å². The number of hydrogen-bond acceptors (Lipinski definition) is 3. The smallest absolute Gasteiger partial charge is 0.232 e. The Hall–Kier alpha value is 0.200. The van der Waals surface area contributed by atoms with Gasteiger partial charge < -0.3 is 4.74 Å². The quantitative estimate of drug-likeness (QED) is 0.506.